The van der Waals surface area contributed by atoms with Crippen molar-refractivity contribution in [2.45, 2.75) is 18.9 Å². The lowest BCUT2D eigenvalue weighted by Gasteiger charge is -2.08. The van der Waals surface area contributed by atoms with Gasteiger partial charge in [0.25, 0.3) is 0 Å². The van der Waals surface area contributed by atoms with Gasteiger partial charge >= 0.3 is 0 Å². The monoisotopic (exact) mass is 190 g/mol. The van der Waals surface area contributed by atoms with Crippen molar-refractivity contribution in [2.24, 2.45) is 0 Å². The molecule has 1 atom stereocenters. The fourth-order valence-electron chi connectivity index (χ4n) is 1.78. The highest BCUT2D eigenvalue weighted by molar-refractivity contribution is 5.70. The maximum absolute atomic E-state index is 9.67. The molecule has 0 fully saturated rings. The van der Waals surface area contributed by atoms with Crippen molar-refractivity contribution in [3.8, 4) is 5.75 Å². The minimum absolute atomic E-state index is 0.289. The van der Waals surface area contributed by atoms with Gasteiger partial charge in [0.2, 0.25) is 0 Å². The molecule has 0 aliphatic heterocycles. The molecule has 0 radical (unpaired) electrons. The Bertz CT molecular complexity index is 338. The van der Waals surface area contributed by atoms with Crippen molar-refractivity contribution in [3.63, 3.8) is 0 Å². The Balaban J connectivity index is 2.24. The molecular weight excluding hydrogens is 176 g/mol. The van der Waals surface area contributed by atoms with Crippen LogP contribution in [0.3, 0.4) is 0 Å². The van der Waals surface area contributed by atoms with E-state index in [1.54, 1.807) is 7.11 Å². The highest BCUT2D eigenvalue weighted by Gasteiger charge is 2.17. The summed E-state index contributed by atoms with van der Waals surface area (Å²) in [7, 11) is 1.65. The lowest BCUT2D eigenvalue weighted by Crippen LogP contribution is -2.03. The van der Waals surface area contributed by atoms with Gasteiger partial charge in [-0.1, -0.05) is 18.2 Å². The average Bonchev–Trinajstić information content (AvgIpc) is 2.65. The third-order valence-electron chi connectivity index (χ3n) is 2.59. The molecule has 0 aromatic heterocycles. The SMILES string of the molecule is COc1ccc(C2=CCCC2O)cc1. The van der Waals surface area contributed by atoms with Crippen LogP contribution in [0.5, 0.6) is 5.75 Å². The molecule has 0 heterocycles. The molecule has 74 valence electrons. The van der Waals surface area contributed by atoms with Gasteiger partial charge in [-0.3, -0.25) is 0 Å². The van der Waals surface area contributed by atoms with Crippen LogP contribution in [0.15, 0.2) is 30.3 Å². The van der Waals surface area contributed by atoms with E-state index in [4.69, 9.17) is 4.74 Å². The Kier molecular flexibility index (Phi) is 2.55. The van der Waals surface area contributed by atoms with E-state index in [1.165, 1.54) is 0 Å². The molecule has 0 saturated heterocycles. The van der Waals surface area contributed by atoms with E-state index in [9.17, 15) is 5.11 Å². The molecule has 0 spiro atoms. The van der Waals surface area contributed by atoms with Crippen LogP contribution in [0.1, 0.15) is 18.4 Å². The molecule has 2 nitrogen and oxygen atoms in total. The molecule has 1 unspecified atom stereocenters. The van der Waals surface area contributed by atoms with Gasteiger partial charge in [-0.25, -0.2) is 0 Å². The molecule has 1 aliphatic rings. The predicted molar refractivity (Wildman–Crippen MR) is 56.2 cm³/mol. The van der Waals surface area contributed by atoms with Gasteiger partial charge in [0, 0.05) is 0 Å². The van der Waals surface area contributed by atoms with Crippen molar-refractivity contribution in [3.05, 3.63) is 35.9 Å². The average molecular weight is 190 g/mol. The van der Waals surface area contributed by atoms with Crippen molar-refractivity contribution in [2.75, 3.05) is 7.11 Å². The van der Waals surface area contributed by atoms with Crippen molar-refractivity contribution in [1.29, 1.82) is 0 Å². The van der Waals surface area contributed by atoms with Crippen LogP contribution >= 0.6 is 0 Å². The van der Waals surface area contributed by atoms with Crippen LogP contribution in [0.2, 0.25) is 0 Å². The van der Waals surface area contributed by atoms with Crippen LogP contribution in [0.4, 0.5) is 0 Å². The van der Waals surface area contributed by atoms with E-state index in [1.807, 2.05) is 24.3 Å². The zero-order chi connectivity index (χ0) is 9.97. The van der Waals surface area contributed by atoms with E-state index in [-0.39, 0.29) is 6.10 Å². The first-order valence-corrected chi connectivity index (χ1v) is 4.84. The van der Waals surface area contributed by atoms with Crippen LogP contribution in [0, 0.1) is 0 Å². The first-order valence-electron chi connectivity index (χ1n) is 4.84. The van der Waals surface area contributed by atoms with Gasteiger partial charge < -0.3 is 9.84 Å². The third kappa shape index (κ3) is 1.66. The van der Waals surface area contributed by atoms with E-state index in [0.29, 0.717) is 0 Å². The van der Waals surface area contributed by atoms with Crippen LogP contribution in [-0.4, -0.2) is 18.3 Å². The first-order chi connectivity index (χ1) is 6.81. The minimum Gasteiger partial charge on any atom is -0.497 e. The number of allylic oxidation sites excluding steroid dienone is 1. The second-order valence-corrected chi connectivity index (χ2v) is 3.48. The number of hydrogen-bond acceptors (Lipinski definition) is 2. The number of aliphatic hydroxyl groups is 1. The Morgan fingerprint density at radius 2 is 2.00 bits per heavy atom. The highest BCUT2D eigenvalue weighted by Crippen LogP contribution is 2.28. The molecule has 2 rings (SSSR count). The second kappa shape index (κ2) is 3.84. The van der Waals surface area contributed by atoms with Crippen molar-refractivity contribution in [1.82, 2.24) is 0 Å². The number of methoxy groups -OCH3 is 1. The maximum atomic E-state index is 9.67. The standard InChI is InChI=1S/C12H14O2/c1-14-10-7-5-9(6-8-10)11-3-2-4-12(11)13/h3,5-8,12-13H,2,4H2,1H3. The summed E-state index contributed by atoms with van der Waals surface area (Å²) >= 11 is 0. The zero-order valence-corrected chi connectivity index (χ0v) is 8.23. The highest BCUT2D eigenvalue weighted by atomic mass is 16.5. The Labute approximate surface area is 83.8 Å². The van der Waals surface area contributed by atoms with Crippen molar-refractivity contribution >= 4 is 5.57 Å². The van der Waals surface area contributed by atoms with Gasteiger partial charge in [0.05, 0.1) is 13.2 Å². The third-order valence-corrected chi connectivity index (χ3v) is 2.59. The Morgan fingerprint density at radius 3 is 2.50 bits per heavy atom. The molecule has 0 bridgehead atoms. The molecule has 1 aromatic carbocycles. The summed E-state index contributed by atoms with van der Waals surface area (Å²) in [6.45, 7) is 0. The molecular formula is C12H14O2. The largest absolute Gasteiger partial charge is 0.497 e. The van der Waals surface area contributed by atoms with Crippen LogP contribution < -0.4 is 4.74 Å². The van der Waals surface area contributed by atoms with Gasteiger partial charge in [0.1, 0.15) is 5.75 Å². The topological polar surface area (TPSA) is 29.5 Å². The first kappa shape index (κ1) is 9.28. The quantitative estimate of drug-likeness (QED) is 0.775. The summed E-state index contributed by atoms with van der Waals surface area (Å²) in [5, 5.41) is 9.67. The lowest BCUT2D eigenvalue weighted by atomic mass is 10.0. The zero-order valence-electron chi connectivity index (χ0n) is 8.23. The fraction of sp³-hybridized carbons (Fsp3) is 0.333. The smallest absolute Gasteiger partial charge is 0.118 e. The number of benzene rings is 1. The number of aliphatic hydroxyl groups excluding tert-OH is 1. The summed E-state index contributed by atoms with van der Waals surface area (Å²) < 4.78 is 5.08. The normalized spacial score (nSPS) is 20.7. The van der Waals surface area contributed by atoms with E-state index in [0.717, 1.165) is 29.7 Å². The van der Waals surface area contributed by atoms with Gasteiger partial charge in [-0.05, 0) is 36.1 Å². The lowest BCUT2D eigenvalue weighted by molar-refractivity contribution is 0.231. The molecule has 2 heteroatoms. The summed E-state index contributed by atoms with van der Waals surface area (Å²) in [5.74, 6) is 0.849. The number of rotatable bonds is 2. The van der Waals surface area contributed by atoms with Crippen molar-refractivity contribution < 1.29 is 9.84 Å². The Hall–Kier alpha value is -1.28. The molecule has 1 aromatic rings. The Morgan fingerprint density at radius 1 is 1.29 bits per heavy atom. The summed E-state index contributed by atoms with van der Waals surface area (Å²) in [6, 6.07) is 7.81. The molecule has 1 N–H and O–H groups in total. The minimum atomic E-state index is -0.289. The summed E-state index contributed by atoms with van der Waals surface area (Å²) in [5.41, 5.74) is 2.14. The van der Waals surface area contributed by atoms with E-state index >= 15 is 0 Å². The van der Waals surface area contributed by atoms with Gasteiger partial charge in [-0.15, -0.1) is 0 Å². The molecule has 0 saturated carbocycles. The van der Waals surface area contributed by atoms with Gasteiger partial charge in [0.15, 0.2) is 0 Å². The van der Waals surface area contributed by atoms with Crippen LogP contribution in [-0.2, 0) is 0 Å². The fourth-order valence-corrected chi connectivity index (χ4v) is 1.78. The van der Waals surface area contributed by atoms with E-state index < -0.39 is 0 Å². The maximum Gasteiger partial charge on any atom is 0.118 e. The summed E-state index contributed by atoms with van der Waals surface area (Å²) in [6.07, 6.45) is 3.64. The molecule has 14 heavy (non-hydrogen) atoms. The van der Waals surface area contributed by atoms with E-state index in [2.05, 4.69) is 6.08 Å². The molecule has 1 aliphatic carbocycles. The number of ether oxygens (including phenoxy) is 1. The molecule has 0 amide bonds. The van der Waals surface area contributed by atoms with Gasteiger partial charge in [-0.2, -0.15) is 0 Å². The summed E-state index contributed by atoms with van der Waals surface area (Å²) in [4.78, 5) is 0. The predicted octanol–water partition coefficient (Wildman–Crippen LogP) is 2.23. The number of hydrogen-bond donors (Lipinski definition) is 1. The second-order valence-electron chi connectivity index (χ2n) is 3.48. The van der Waals surface area contributed by atoms with Crippen LogP contribution in [0.25, 0.3) is 5.57 Å².